The van der Waals surface area contributed by atoms with Gasteiger partial charge >= 0.3 is 6.18 Å². The summed E-state index contributed by atoms with van der Waals surface area (Å²) in [7, 11) is 0. The van der Waals surface area contributed by atoms with Gasteiger partial charge in [0.25, 0.3) is 5.91 Å². The Morgan fingerprint density at radius 1 is 1.05 bits per heavy atom. The lowest BCUT2D eigenvalue weighted by Gasteiger charge is -2.23. The van der Waals surface area contributed by atoms with Crippen LogP contribution in [0.1, 0.15) is 35.1 Å². The molecule has 0 aliphatic carbocycles. The van der Waals surface area contributed by atoms with Crippen molar-refractivity contribution in [2.45, 2.75) is 31.5 Å². The maximum Gasteiger partial charge on any atom is 0.416 e. The fraction of sp³-hybridized carbons (Fsp3) is 0.241. The highest BCUT2D eigenvalue weighted by Crippen LogP contribution is 2.32. The van der Waals surface area contributed by atoms with E-state index in [1.165, 1.54) is 24.3 Å². The molecule has 3 heterocycles. The molecule has 5 rings (SSSR count). The van der Waals surface area contributed by atoms with Crippen LogP contribution in [0.15, 0.2) is 73.1 Å². The number of anilines is 3. The second kappa shape index (κ2) is 11.3. The van der Waals surface area contributed by atoms with Crippen molar-refractivity contribution in [2.75, 3.05) is 28.6 Å². The molecule has 0 radical (unpaired) electrons. The van der Waals surface area contributed by atoms with Gasteiger partial charge in [-0.3, -0.25) is 9.59 Å². The molecule has 8 nitrogen and oxygen atoms in total. The summed E-state index contributed by atoms with van der Waals surface area (Å²) >= 11 is 0. The molecule has 2 aliphatic rings. The Bertz CT molecular complexity index is 1460. The van der Waals surface area contributed by atoms with E-state index in [2.05, 4.69) is 25.5 Å². The number of hydrogen-bond acceptors (Lipinski definition) is 6. The van der Waals surface area contributed by atoms with Gasteiger partial charge in [-0.1, -0.05) is 30.4 Å². The molecule has 1 fully saturated rings. The van der Waals surface area contributed by atoms with Crippen LogP contribution in [-0.4, -0.2) is 46.1 Å². The van der Waals surface area contributed by atoms with Crippen LogP contribution < -0.4 is 15.5 Å². The van der Waals surface area contributed by atoms with Gasteiger partial charge in [0.2, 0.25) is 11.9 Å². The van der Waals surface area contributed by atoms with Gasteiger partial charge in [0.1, 0.15) is 6.10 Å². The molecule has 1 aromatic heterocycles. The molecule has 1 saturated heterocycles. The van der Waals surface area contributed by atoms with Gasteiger partial charge in [0.05, 0.1) is 5.56 Å². The van der Waals surface area contributed by atoms with Gasteiger partial charge in [-0.05, 0) is 48.2 Å². The highest BCUT2D eigenvalue weighted by molar-refractivity contribution is 6.03. The molecule has 3 N–H and O–H groups in total. The van der Waals surface area contributed by atoms with E-state index >= 15 is 0 Å². The zero-order valence-electron chi connectivity index (χ0n) is 21.3. The van der Waals surface area contributed by atoms with E-state index in [0.29, 0.717) is 39.6 Å². The number of nitrogens with zero attached hydrogens (tertiary/aromatic N) is 3. The highest BCUT2D eigenvalue weighted by atomic mass is 19.4. The first-order valence-corrected chi connectivity index (χ1v) is 12.7. The summed E-state index contributed by atoms with van der Waals surface area (Å²) < 4.78 is 39.4. The van der Waals surface area contributed by atoms with Crippen molar-refractivity contribution in [1.82, 2.24) is 9.97 Å². The zero-order valence-corrected chi connectivity index (χ0v) is 21.3. The first-order chi connectivity index (χ1) is 19.2. The van der Waals surface area contributed by atoms with Crippen LogP contribution in [0.25, 0.3) is 5.57 Å². The molecular formula is C29H26F3N5O3. The van der Waals surface area contributed by atoms with Crippen LogP contribution in [0.4, 0.5) is 30.5 Å². The summed E-state index contributed by atoms with van der Waals surface area (Å²) in [5, 5.41) is 15.3. The fourth-order valence-electron chi connectivity index (χ4n) is 4.69. The number of amides is 2. The minimum absolute atomic E-state index is 0.0622. The number of alkyl halides is 3. The second-order valence-electron chi connectivity index (χ2n) is 9.51. The number of aliphatic hydroxyl groups excluding tert-OH is 1. The topological polar surface area (TPSA) is 107 Å². The van der Waals surface area contributed by atoms with Crippen molar-refractivity contribution in [1.29, 1.82) is 0 Å². The van der Waals surface area contributed by atoms with Crippen molar-refractivity contribution in [3.8, 4) is 0 Å². The number of nitrogens with one attached hydrogen (secondary N) is 2. The Morgan fingerprint density at radius 2 is 1.75 bits per heavy atom. The van der Waals surface area contributed by atoms with E-state index in [4.69, 9.17) is 0 Å². The SMILES string of the molecule is O=C(/C=C/C=C(\c1ccc(C(F)(F)F)cc1)c1cnc(N2CCCC2)nc1)Nc1cccc2c1CC(O)C(=O)N2. The molecular weight excluding hydrogens is 523 g/mol. The normalized spacial score (nSPS) is 17.6. The lowest BCUT2D eigenvalue weighted by molar-refractivity contribution is -0.137. The molecule has 0 spiro atoms. The van der Waals surface area contributed by atoms with Crippen molar-refractivity contribution >= 4 is 34.7 Å². The Kier molecular flexibility index (Phi) is 7.65. The van der Waals surface area contributed by atoms with Crippen LogP contribution in [0.5, 0.6) is 0 Å². The van der Waals surface area contributed by atoms with E-state index in [1.54, 1.807) is 36.7 Å². The van der Waals surface area contributed by atoms with Crippen molar-refractivity contribution < 1.29 is 27.9 Å². The molecule has 3 aromatic rings. The third kappa shape index (κ3) is 6.04. The first kappa shape index (κ1) is 27.1. The minimum Gasteiger partial charge on any atom is -0.383 e. The number of aromatic nitrogens is 2. The van der Waals surface area contributed by atoms with Gasteiger partial charge in [0.15, 0.2) is 0 Å². The van der Waals surface area contributed by atoms with Gasteiger partial charge in [-0.15, -0.1) is 0 Å². The molecule has 0 saturated carbocycles. The van der Waals surface area contributed by atoms with Gasteiger partial charge in [-0.2, -0.15) is 13.2 Å². The monoisotopic (exact) mass is 549 g/mol. The van der Waals surface area contributed by atoms with E-state index in [9.17, 15) is 27.9 Å². The predicted octanol–water partition coefficient (Wildman–Crippen LogP) is 4.58. The quantitative estimate of drug-likeness (QED) is 0.307. The van der Waals surface area contributed by atoms with Crippen LogP contribution in [0.2, 0.25) is 0 Å². The largest absolute Gasteiger partial charge is 0.416 e. The van der Waals surface area contributed by atoms with Crippen LogP contribution in [0, 0.1) is 0 Å². The summed E-state index contributed by atoms with van der Waals surface area (Å²) in [4.78, 5) is 35.4. The molecule has 11 heteroatoms. The molecule has 0 bridgehead atoms. The van der Waals surface area contributed by atoms with E-state index in [-0.39, 0.29) is 6.42 Å². The Balaban J connectivity index is 1.39. The lowest BCUT2D eigenvalue weighted by atomic mass is 9.98. The fourth-order valence-corrected chi connectivity index (χ4v) is 4.69. The van der Waals surface area contributed by atoms with E-state index in [1.807, 2.05) is 0 Å². The average molecular weight is 550 g/mol. The number of rotatable bonds is 6. The number of carbonyl (C=O) groups is 2. The molecule has 2 amide bonds. The molecule has 206 valence electrons. The lowest BCUT2D eigenvalue weighted by Crippen LogP contribution is -2.34. The predicted molar refractivity (Wildman–Crippen MR) is 145 cm³/mol. The number of halogens is 3. The standard InChI is InChI=1S/C29H26F3N5O3/c30-29(31,32)20-11-9-18(10-12-20)21(19-16-33-28(34-17-19)37-13-1-2-14-37)5-3-8-26(39)35-23-6-4-7-24-22(23)15-25(38)27(40)36-24/h3-12,16-17,25,38H,1-2,13-15H2,(H,35,39)(H,36,40)/b8-3+,21-5+. The van der Waals surface area contributed by atoms with Crippen LogP contribution in [-0.2, 0) is 22.2 Å². The first-order valence-electron chi connectivity index (χ1n) is 12.7. The summed E-state index contributed by atoms with van der Waals surface area (Å²) in [5.41, 5.74) is 2.41. The zero-order chi connectivity index (χ0) is 28.3. The van der Waals surface area contributed by atoms with Gasteiger partial charge < -0.3 is 20.6 Å². The second-order valence-corrected chi connectivity index (χ2v) is 9.51. The smallest absolute Gasteiger partial charge is 0.383 e. The van der Waals surface area contributed by atoms with E-state index in [0.717, 1.165) is 38.1 Å². The van der Waals surface area contributed by atoms with Crippen LogP contribution in [0.3, 0.4) is 0 Å². The number of allylic oxidation sites excluding steroid dienone is 2. The number of benzene rings is 2. The third-order valence-electron chi connectivity index (χ3n) is 6.76. The summed E-state index contributed by atoms with van der Waals surface area (Å²) in [6, 6.07) is 9.76. The Morgan fingerprint density at radius 3 is 2.42 bits per heavy atom. The minimum atomic E-state index is -4.46. The Labute approximate surface area is 228 Å². The number of carbonyl (C=O) groups excluding carboxylic acids is 2. The summed E-state index contributed by atoms with van der Waals surface area (Å²) in [6.45, 7) is 1.74. The molecule has 40 heavy (non-hydrogen) atoms. The third-order valence-corrected chi connectivity index (χ3v) is 6.76. The molecule has 2 aliphatic heterocycles. The number of aliphatic hydroxyl groups is 1. The Hall–Kier alpha value is -4.51. The molecule has 2 aromatic carbocycles. The maximum atomic E-state index is 13.1. The maximum absolute atomic E-state index is 13.1. The summed E-state index contributed by atoms with van der Waals surface area (Å²) in [5.74, 6) is -0.381. The number of hydrogen-bond donors (Lipinski definition) is 3. The van der Waals surface area contributed by atoms with Gasteiger partial charge in [-0.25, -0.2) is 9.97 Å². The van der Waals surface area contributed by atoms with Crippen molar-refractivity contribution in [2.24, 2.45) is 0 Å². The molecule has 1 unspecified atom stereocenters. The van der Waals surface area contributed by atoms with Crippen molar-refractivity contribution in [3.05, 3.63) is 95.3 Å². The highest BCUT2D eigenvalue weighted by Gasteiger charge is 2.30. The average Bonchev–Trinajstić information content (AvgIpc) is 3.47. The summed E-state index contributed by atoms with van der Waals surface area (Å²) in [6.07, 6.45) is 4.13. The molecule has 1 atom stereocenters. The van der Waals surface area contributed by atoms with Gasteiger partial charge in [0, 0.05) is 60.5 Å². The van der Waals surface area contributed by atoms with E-state index < -0.39 is 29.7 Å². The van der Waals surface area contributed by atoms with Crippen molar-refractivity contribution in [3.63, 3.8) is 0 Å². The number of fused-ring (bicyclic) bond motifs is 1. The van der Waals surface area contributed by atoms with Crippen LogP contribution >= 0.6 is 0 Å².